The van der Waals surface area contributed by atoms with Crippen LogP contribution in [0.5, 0.6) is 0 Å². The van der Waals surface area contributed by atoms with E-state index in [-0.39, 0.29) is 22.9 Å². The van der Waals surface area contributed by atoms with Crippen molar-refractivity contribution in [1.29, 1.82) is 0 Å². The number of amides is 1. The maximum absolute atomic E-state index is 12.7. The highest BCUT2D eigenvalue weighted by Gasteiger charge is 2.24. The number of fused-ring (bicyclic) bond motifs is 1. The molecule has 0 aliphatic carbocycles. The zero-order valence-electron chi connectivity index (χ0n) is 12.6. The fourth-order valence-corrected chi connectivity index (χ4v) is 3.73. The Kier molecular flexibility index (Phi) is 3.95. The van der Waals surface area contributed by atoms with Crippen LogP contribution < -0.4 is 0 Å². The van der Waals surface area contributed by atoms with Crippen LogP contribution in [-0.2, 0) is 0 Å². The average molecular weight is 364 g/mol. The number of aromatic nitrogens is 4. The molecule has 4 rings (SSSR count). The summed E-state index contributed by atoms with van der Waals surface area (Å²) in [4.78, 5) is 23.9. The fourth-order valence-electron chi connectivity index (χ4n) is 2.76. The number of thiazole rings is 1. The maximum Gasteiger partial charge on any atom is 0.272 e. The average Bonchev–Trinajstić information content (AvgIpc) is 3.17. The monoisotopic (exact) mass is 363 g/mol. The Morgan fingerprint density at radius 3 is 2.92 bits per heavy atom. The summed E-state index contributed by atoms with van der Waals surface area (Å²) in [7, 11) is 0. The van der Waals surface area contributed by atoms with E-state index in [0.29, 0.717) is 31.8 Å². The quantitative estimate of drug-likeness (QED) is 0.705. The molecule has 3 aromatic rings. The van der Waals surface area contributed by atoms with Crippen molar-refractivity contribution < 1.29 is 9.90 Å². The van der Waals surface area contributed by atoms with Gasteiger partial charge in [0.05, 0.1) is 17.9 Å². The van der Waals surface area contributed by atoms with Crippen molar-refractivity contribution in [3.8, 4) is 11.4 Å². The summed E-state index contributed by atoms with van der Waals surface area (Å²) in [6, 6.07) is 1.48. The molecule has 1 aliphatic rings. The molecule has 0 saturated carbocycles. The van der Waals surface area contributed by atoms with Crippen molar-refractivity contribution in [2.45, 2.75) is 18.9 Å². The van der Waals surface area contributed by atoms with Gasteiger partial charge < -0.3 is 10.0 Å². The second-order valence-electron chi connectivity index (χ2n) is 5.63. The Hall–Kier alpha value is -2.03. The molecule has 1 aliphatic heterocycles. The molecule has 0 aromatic carbocycles. The Morgan fingerprint density at radius 1 is 1.33 bits per heavy atom. The molecule has 1 amide bonds. The van der Waals surface area contributed by atoms with E-state index in [1.807, 2.05) is 11.6 Å². The molecule has 24 heavy (non-hydrogen) atoms. The number of hydrogen-bond acceptors (Lipinski definition) is 6. The van der Waals surface area contributed by atoms with Gasteiger partial charge in [-0.3, -0.25) is 4.79 Å². The van der Waals surface area contributed by atoms with Crippen LogP contribution in [0.4, 0.5) is 0 Å². The lowest BCUT2D eigenvalue weighted by molar-refractivity contribution is 0.0541. The van der Waals surface area contributed by atoms with E-state index in [0.717, 1.165) is 10.4 Å². The van der Waals surface area contributed by atoms with Crippen molar-refractivity contribution in [3.63, 3.8) is 0 Å². The van der Waals surface area contributed by atoms with Crippen molar-refractivity contribution in [2.24, 2.45) is 0 Å². The highest BCUT2D eigenvalue weighted by Crippen LogP contribution is 2.26. The smallest absolute Gasteiger partial charge is 0.272 e. The van der Waals surface area contributed by atoms with E-state index < -0.39 is 0 Å². The molecule has 7 nitrogen and oxygen atoms in total. The third-order valence-electron chi connectivity index (χ3n) is 4.04. The summed E-state index contributed by atoms with van der Waals surface area (Å²) in [5, 5.41) is 16.0. The molecule has 0 unspecified atom stereocenters. The minimum absolute atomic E-state index is 0.193. The Balaban J connectivity index is 1.69. The van der Waals surface area contributed by atoms with Crippen molar-refractivity contribution >= 4 is 33.7 Å². The molecular weight excluding hydrogens is 350 g/mol. The SMILES string of the molecule is O=C(c1cc(Cl)nc(-c2cnn3ccsc23)n1)N1CCC(O)CC1. The lowest BCUT2D eigenvalue weighted by atomic mass is 10.1. The van der Waals surface area contributed by atoms with Crippen LogP contribution >= 0.6 is 22.9 Å². The lowest BCUT2D eigenvalue weighted by Gasteiger charge is -2.29. The van der Waals surface area contributed by atoms with Gasteiger partial charge in [0.25, 0.3) is 5.91 Å². The number of nitrogens with zero attached hydrogens (tertiary/aromatic N) is 5. The number of aliphatic hydroxyl groups is 1. The van der Waals surface area contributed by atoms with Gasteiger partial charge in [-0.2, -0.15) is 5.10 Å². The largest absolute Gasteiger partial charge is 0.393 e. The Bertz CT molecular complexity index is 900. The van der Waals surface area contributed by atoms with Gasteiger partial charge in [0.2, 0.25) is 0 Å². The molecule has 0 atom stereocenters. The van der Waals surface area contributed by atoms with E-state index >= 15 is 0 Å². The summed E-state index contributed by atoms with van der Waals surface area (Å²) >= 11 is 7.63. The third-order valence-corrected chi connectivity index (χ3v) is 5.12. The normalized spacial score (nSPS) is 16.0. The van der Waals surface area contributed by atoms with E-state index in [9.17, 15) is 9.90 Å². The van der Waals surface area contributed by atoms with Crippen LogP contribution in [-0.4, -0.2) is 54.7 Å². The van der Waals surface area contributed by atoms with Gasteiger partial charge in [-0.25, -0.2) is 14.5 Å². The number of likely N-dealkylation sites (tertiary alicyclic amines) is 1. The van der Waals surface area contributed by atoms with Gasteiger partial charge in [-0.1, -0.05) is 11.6 Å². The van der Waals surface area contributed by atoms with E-state index in [1.54, 1.807) is 15.6 Å². The molecule has 1 fully saturated rings. The van der Waals surface area contributed by atoms with Crippen molar-refractivity contribution in [3.05, 3.63) is 34.7 Å². The first-order valence-electron chi connectivity index (χ1n) is 7.55. The second-order valence-corrected chi connectivity index (χ2v) is 6.92. The summed E-state index contributed by atoms with van der Waals surface area (Å²) in [5.74, 6) is 0.197. The molecule has 3 aromatic heterocycles. The summed E-state index contributed by atoms with van der Waals surface area (Å²) in [6.45, 7) is 1.03. The van der Waals surface area contributed by atoms with Crippen molar-refractivity contribution in [2.75, 3.05) is 13.1 Å². The molecule has 124 valence electrons. The minimum atomic E-state index is -0.335. The predicted octanol–water partition coefficient (Wildman–Crippen LogP) is 2.10. The third kappa shape index (κ3) is 2.77. The molecule has 1 N–H and O–H groups in total. The lowest BCUT2D eigenvalue weighted by Crippen LogP contribution is -2.40. The fraction of sp³-hybridized carbons (Fsp3) is 0.333. The van der Waals surface area contributed by atoms with Crippen LogP contribution in [0.2, 0.25) is 5.15 Å². The summed E-state index contributed by atoms with van der Waals surface area (Å²) in [5.41, 5.74) is 1.01. The first-order valence-corrected chi connectivity index (χ1v) is 8.81. The predicted molar refractivity (Wildman–Crippen MR) is 90.2 cm³/mol. The standard InChI is InChI=1S/C15H14ClN5O2S/c16-12-7-11(14(23)20-3-1-9(22)2-4-20)18-13(19-12)10-8-17-21-5-6-24-15(10)21/h5-9,22H,1-4H2. The number of hydrogen-bond donors (Lipinski definition) is 1. The van der Waals surface area contributed by atoms with Crippen LogP contribution in [0, 0.1) is 0 Å². The topological polar surface area (TPSA) is 83.6 Å². The number of piperidine rings is 1. The maximum atomic E-state index is 12.7. The van der Waals surface area contributed by atoms with Crippen LogP contribution in [0.3, 0.4) is 0 Å². The van der Waals surface area contributed by atoms with Crippen LogP contribution in [0.15, 0.2) is 23.8 Å². The number of aliphatic hydroxyl groups excluding tert-OH is 1. The van der Waals surface area contributed by atoms with Crippen LogP contribution in [0.1, 0.15) is 23.3 Å². The Morgan fingerprint density at radius 2 is 2.12 bits per heavy atom. The van der Waals surface area contributed by atoms with E-state index in [1.165, 1.54) is 17.4 Å². The molecule has 9 heteroatoms. The van der Waals surface area contributed by atoms with Gasteiger partial charge in [0.15, 0.2) is 5.82 Å². The molecule has 4 heterocycles. The summed E-state index contributed by atoms with van der Waals surface area (Å²) < 4.78 is 1.73. The number of carbonyl (C=O) groups excluding carboxylic acids is 1. The van der Waals surface area contributed by atoms with E-state index in [2.05, 4.69) is 15.1 Å². The molecule has 0 radical (unpaired) electrons. The number of halogens is 1. The Labute approximate surface area is 146 Å². The van der Waals surface area contributed by atoms with E-state index in [4.69, 9.17) is 11.6 Å². The number of rotatable bonds is 2. The highest BCUT2D eigenvalue weighted by molar-refractivity contribution is 7.16. The zero-order chi connectivity index (χ0) is 16.7. The molecular formula is C15H14ClN5O2S. The zero-order valence-corrected chi connectivity index (χ0v) is 14.2. The minimum Gasteiger partial charge on any atom is -0.393 e. The second kappa shape index (κ2) is 6.12. The van der Waals surface area contributed by atoms with Gasteiger partial charge in [-0.15, -0.1) is 11.3 Å². The van der Waals surface area contributed by atoms with Gasteiger partial charge in [0, 0.05) is 30.7 Å². The van der Waals surface area contributed by atoms with Gasteiger partial charge >= 0.3 is 0 Å². The first-order chi connectivity index (χ1) is 11.6. The van der Waals surface area contributed by atoms with Gasteiger partial charge in [-0.05, 0) is 12.8 Å². The molecule has 0 spiro atoms. The van der Waals surface area contributed by atoms with Gasteiger partial charge in [0.1, 0.15) is 15.7 Å². The number of carbonyl (C=O) groups is 1. The summed E-state index contributed by atoms with van der Waals surface area (Å²) in [6.07, 6.45) is 4.34. The molecule has 0 bridgehead atoms. The first kappa shape index (κ1) is 15.5. The molecule has 1 saturated heterocycles. The van der Waals surface area contributed by atoms with Crippen LogP contribution in [0.25, 0.3) is 16.2 Å². The highest BCUT2D eigenvalue weighted by atomic mass is 35.5. The van der Waals surface area contributed by atoms with Crippen molar-refractivity contribution in [1.82, 2.24) is 24.5 Å².